The standard InChI is InChI=1S/C19H23N3O5S/c1-11-7-5-6-8-15(11)20-18(24)13(3)26-17(23)10-28-14(4)19(25)21-16-9-12(2)27-22-16/h5-9,13-14H,10H2,1-4H3,(H,20,24)(H,21,22,25)/t13-,14-/m0/s1. The maximum atomic E-state index is 12.2. The van der Waals surface area contributed by atoms with Gasteiger partial charge in [0.1, 0.15) is 5.76 Å². The first kappa shape index (κ1) is 21.5. The molecule has 0 unspecified atom stereocenters. The SMILES string of the molecule is Cc1cc(NC(=O)[C@H](C)SCC(=O)O[C@@H](C)C(=O)Nc2ccccc2C)no1. The van der Waals surface area contributed by atoms with E-state index in [0.717, 1.165) is 17.3 Å². The molecule has 0 fully saturated rings. The van der Waals surface area contributed by atoms with E-state index in [1.165, 1.54) is 6.92 Å². The van der Waals surface area contributed by atoms with Crippen LogP contribution in [0.25, 0.3) is 0 Å². The Bertz CT molecular complexity index is 852. The fourth-order valence-corrected chi connectivity index (χ4v) is 2.82. The predicted molar refractivity (Wildman–Crippen MR) is 107 cm³/mol. The lowest BCUT2D eigenvalue weighted by Gasteiger charge is -2.15. The largest absolute Gasteiger partial charge is 0.452 e. The molecule has 1 heterocycles. The van der Waals surface area contributed by atoms with E-state index in [1.807, 2.05) is 25.1 Å². The van der Waals surface area contributed by atoms with E-state index in [4.69, 9.17) is 9.26 Å². The highest BCUT2D eigenvalue weighted by molar-refractivity contribution is 8.01. The maximum Gasteiger partial charge on any atom is 0.316 e. The van der Waals surface area contributed by atoms with Gasteiger partial charge in [0.25, 0.3) is 5.91 Å². The van der Waals surface area contributed by atoms with Crippen molar-refractivity contribution in [3.63, 3.8) is 0 Å². The second kappa shape index (κ2) is 9.93. The molecule has 1 aromatic heterocycles. The summed E-state index contributed by atoms with van der Waals surface area (Å²) in [4.78, 5) is 36.2. The lowest BCUT2D eigenvalue weighted by molar-refractivity contribution is -0.150. The fraction of sp³-hybridized carbons (Fsp3) is 0.368. The number of esters is 1. The number of nitrogens with one attached hydrogen (secondary N) is 2. The molecular weight excluding hydrogens is 382 g/mol. The molecule has 0 aliphatic heterocycles. The third kappa shape index (κ3) is 6.41. The van der Waals surface area contributed by atoms with Gasteiger partial charge in [-0.1, -0.05) is 23.4 Å². The molecule has 1 aromatic carbocycles. The molecule has 28 heavy (non-hydrogen) atoms. The van der Waals surface area contributed by atoms with Gasteiger partial charge in [0.05, 0.1) is 11.0 Å². The number of nitrogens with zero attached hydrogens (tertiary/aromatic N) is 1. The second-order valence-electron chi connectivity index (χ2n) is 6.20. The molecule has 0 spiro atoms. The van der Waals surface area contributed by atoms with Crippen molar-refractivity contribution < 1.29 is 23.6 Å². The number of hydrogen-bond acceptors (Lipinski definition) is 7. The molecule has 9 heteroatoms. The van der Waals surface area contributed by atoms with Crippen molar-refractivity contribution in [3.8, 4) is 0 Å². The van der Waals surface area contributed by atoms with Crippen molar-refractivity contribution in [3.05, 3.63) is 41.7 Å². The number of carbonyl (C=O) groups excluding carboxylic acids is 3. The molecule has 0 radical (unpaired) electrons. The number of ether oxygens (including phenoxy) is 1. The van der Waals surface area contributed by atoms with Crippen molar-refractivity contribution in [2.75, 3.05) is 16.4 Å². The average molecular weight is 405 g/mol. The van der Waals surface area contributed by atoms with Gasteiger partial charge in [-0.3, -0.25) is 14.4 Å². The molecular formula is C19H23N3O5S. The number of hydrogen-bond donors (Lipinski definition) is 2. The summed E-state index contributed by atoms with van der Waals surface area (Å²) in [5, 5.41) is 8.49. The van der Waals surface area contributed by atoms with Crippen LogP contribution in [0.3, 0.4) is 0 Å². The third-order valence-corrected chi connectivity index (χ3v) is 4.90. The molecule has 2 amide bonds. The zero-order valence-corrected chi connectivity index (χ0v) is 17.0. The second-order valence-corrected chi connectivity index (χ2v) is 7.53. The van der Waals surface area contributed by atoms with E-state index >= 15 is 0 Å². The number of para-hydroxylation sites is 1. The minimum Gasteiger partial charge on any atom is -0.452 e. The number of anilines is 2. The molecule has 2 rings (SSSR count). The van der Waals surface area contributed by atoms with Gasteiger partial charge in [0.2, 0.25) is 5.91 Å². The summed E-state index contributed by atoms with van der Waals surface area (Å²) in [6.45, 7) is 6.75. The zero-order chi connectivity index (χ0) is 20.7. The molecule has 0 saturated carbocycles. The predicted octanol–water partition coefficient (Wildman–Crippen LogP) is 2.92. The third-order valence-electron chi connectivity index (χ3n) is 3.78. The van der Waals surface area contributed by atoms with Gasteiger partial charge < -0.3 is 19.9 Å². The Morgan fingerprint density at radius 3 is 2.50 bits per heavy atom. The monoisotopic (exact) mass is 405 g/mol. The minimum atomic E-state index is -0.949. The molecule has 0 aliphatic rings. The van der Waals surface area contributed by atoms with Gasteiger partial charge in [-0.2, -0.15) is 0 Å². The fourth-order valence-electron chi connectivity index (χ4n) is 2.15. The summed E-state index contributed by atoms with van der Waals surface area (Å²) in [6.07, 6.45) is -0.949. The number of amides is 2. The van der Waals surface area contributed by atoms with Crippen molar-refractivity contribution >= 4 is 41.1 Å². The maximum absolute atomic E-state index is 12.2. The van der Waals surface area contributed by atoms with Crippen LogP contribution in [0.1, 0.15) is 25.2 Å². The van der Waals surface area contributed by atoms with Crippen molar-refractivity contribution in [2.45, 2.75) is 39.0 Å². The number of thioether (sulfide) groups is 1. The molecule has 2 N–H and O–H groups in total. The van der Waals surface area contributed by atoms with E-state index in [1.54, 1.807) is 26.0 Å². The highest BCUT2D eigenvalue weighted by Gasteiger charge is 2.21. The molecule has 0 saturated heterocycles. The van der Waals surface area contributed by atoms with Crippen LogP contribution >= 0.6 is 11.8 Å². The Hall–Kier alpha value is -2.81. The summed E-state index contributed by atoms with van der Waals surface area (Å²) in [6, 6.07) is 8.91. The number of rotatable bonds is 8. The molecule has 0 aliphatic carbocycles. The Labute approximate surface area is 167 Å². The lowest BCUT2D eigenvalue weighted by atomic mass is 10.2. The highest BCUT2D eigenvalue weighted by atomic mass is 32.2. The van der Waals surface area contributed by atoms with E-state index in [-0.39, 0.29) is 11.7 Å². The Morgan fingerprint density at radius 1 is 1.14 bits per heavy atom. The first-order valence-corrected chi connectivity index (χ1v) is 9.73. The van der Waals surface area contributed by atoms with E-state index in [9.17, 15) is 14.4 Å². The van der Waals surface area contributed by atoms with Crippen LogP contribution in [0.5, 0.6) is 0 Å². The van der Waals surface area contributed by atoms with Crippen LogP contribution in [-0.4, -0.2) is 40.0 Å². The van der Waals surface area contributed by atoms with Crippen molar-refractivity contribution in [2.24, 2.45) is 0 Å². The van der Waals surface area contributed by atoms with Crippen LogP contribution in [0.15, 0.2) is 34.9 Å². The first-order chi connectivity index (χ1) is 13.3. The topological polar surface area (TPSA) is 111 Å². The summed E-state index contributed by atoms with van der Waals surface area (Å²) in [7, 11) is 0. The van der Waals surface area contributed by atoms with Crippen LogP contribution in [-0.2, 0) is 19.1 Å². The lowest BCUT2D eigenvalue weighted by Crippen LogP contribution is -2.31. The molecule has 2 aromatic rings. The highest BCUT2D eigenvalue weighted by Crippen LogP contribution is 2.16. The Kier molecular flexibility index (Phi) is 7.62. The smallest absolute Gasteiger partial charge is 0.316 e. The quantitative estimate of drug-likeness (QED) is 0.650. The number of benzene rings is 1. The number of aromatic nitrogens is 1. The average Bonchev–Trinajstić information content (AvgIpc) is 3.06. The zero-order valence-electron chi connectivity index (χ0n) is 16.1. The van der Waals surface area contributed by atoms with Gasteiger partial charge in [-0.15, -0.1) is 11.8 Å². The molecule has 0 bridgehead atoms. The van der Waals surface area contributed by atoms with Crippen molar-refractivity contribution in [1.29, 1.82) is 0 Å². The molecule has 8 nitrogen and oxygen atoms in total. The summed E-state index contributed by atoms with van der Waals surface area (Å²) in [5.74, 6) is -0.462. The van der Waals surface area contributed by atoms with E-state index < -0.39 is 23.2 Å². The van der Waals surface area contributed by atoms with Gasteiger partial charge in [0.15, 0.2) is 11.9 Å². The Morgan fingerprint density at radius 2 is 1.86 bits per heavy atom. The number of carbonyl (C=O) groups is 3. The summed E-state index contributed by atoms with van der Waals surface area (Å²) >= 11 is 1.10. The summed E-state index contributed by atoms with van der Waals surface area (Å²) in [5.41, 5.74) is 1.57. The van der Waals surface area contributed by atoms with E-state index in [2.05, 4.69) is 15.8 Å². The van der Waals surface area contributed by atoms with Crippen LogP contribution in [0.4, 0.5) is 11.5 Å². The number of aryl methyl sites for hydroxylation is 2. The van der Waals surface area contributed by atoms with Crippen LogP contribution < -0.4 is 10.6 Å². The van der Waals surface area contributed by atoms with Gasteiger partial charge in [-0.25, -0.2) is 0 Å². The molecule has 150 valence electrons. The van der Waals surface area contributed by atoms with Gasteiger partial charge in [0, 0.05) is 11.8 Å². The van der Waals surface area contributed by atoms with Gasteiger partial charge in [-0.05, 0) is 39.3 Å². The van der Waals surface area contributed by atoms with E-state index in [0.29, 0.717) is 17.3 Å². The van der Waals surface area contributed by atoms with Crippen LogP contribution in [0, 0.1) is 13.8 Å². The van der Waals surface area contributed by atoms with Crippen LogP contribution in [0.2, 0.25) is 0 Å². The molecule has 2 atom stereocenters. The minimum absolute atomic E-state index is 0.0611. The van der Waals surface area contributed by atoms with Crippen molar-refractivity contribution in [1.82, 2.24) is 5.16 Å². The van der Waals surface area contributed by atoms with Gasteiger partial charge >= 0.3 is 5.97 Å². The Balaban J connectivity index is 1.75. The normalized spacial score (nSPS) is 12.7. The summed E-state index contributed by atoms with van der Waals surface area (Å²) < 4.78 is 10.0. The first-order valence-electron chi connectivity index (χ1n) is 8.68.